The van der Waals surface area contributed by atoms with Crippen LogP contribution in [0.5, 0.6) is 0 Å². The normalized spacial score (nSPS) is 21.8. The van der Waals surface area contributed by atoms with E-state index in [9.17, 15) is 13.6 Å². The zero-order valence-electron chi connectivity index (χ0n) is 11.0. The molecule has 3 heterocycles. The largest absolute Gasteiger partial charge is 0.371 e. The Labute approximate surface area is 114 Å². The van der Waals surface area contributed by atoms with Gasteiger partial charge >= 0.3 is 6.03 Å². The maximum absolute atomic E-state index is 13.9. The first-order chi connectivity index (χ1) is 9.60. The highest BCUT2D eigenvalue weighted by atomic mass is 19.1. The van der Waals surface area contributed by atoms with Crippen LogP contribution in [0.15, 0.2) is 6.07 Å². The van der Waals surface area contributed by atoms with Crippen molar-refractivity contribution in [1.29, 1.82) is 0 Å². The number of anilines is 2. The number of nitrogens with one attached hydrogen (secondary N) is 2. The zero-order valence-corrected chi connectivity index (χ0v) is 11.0. The van der Waals surface area contributed by atoms with Crippen LogP contribution in [0.2, 0.25) is 0 Å². The average molecular weight is 283 g/mol. The first-order valence-corrected chi connectivity index (χ1v) is 6.43. The van der Waals surface area contributed by atoms with Crippen LogP contribution in [0.25, 0.3) is 0 Å². The van der Waals surface area contributed by atoms with E-state index in [4.69, 9.17) is 0 Å². The van der Waals surface area contributed by atoms with Crippen LogP contribution in [-0.4, -0.2) is 55.2 Å². The van der Waals surface area contributed by atoms with Gasteiger partial charge < -0.3 is 20.4 Å². The van der Waals surface area contributed by atoms with Gasteiger partial charge in [0, 0.05) is 39.3 Å². The Bertz CT molecular complexity index is 553. The van der Waals surface area contributed by atoms with Gasteiger partial charge in [0.05, 0.1) is 6.04 Å². The predicted molar refractivity (Wildman–Crippen MR) is 69.8 cm³/mol. The molecule has 6 nitrogen and oxygen atoms in total. The Balaban J connectivity index is 1.85. The molecule has 3 rings (SSSR count). The van der Waals surface area contributed by atoms with Crippen LogP contribution < -0.4 is 15.5 Å². The van der Waals surface area contributed by atoms with Gasteiger partial charge in [-0.25, -0.2) is 18.6 Å². The summed E-state index contributed by atoms with van der Waals surface area (Å²) in [5.74, 6) is -1.27. The molecule has 0 saturated carbocycles. The lowest BCUT2D eigenvalue weighted by molar-refractivity contribution is 0.197. The molecule has 0 radical (unpaired) electrons. The quantitative estimate of drug-likeness (QED) is 0.835. The second kappa shape index (κ2) is 4.77. The Morgan fingerprint density at radius 2 is 2.20 bits per heavy atom. The van der Waals surface area contributed by atoms with Gasteiger partial charge in [-0.15, -0.1) is 0 Å². The summed E-state index contributed by atoms with van der Waals surface area (Å²) >= 11 is 0. The first-order valence-electron chi connectivity index (χ1n) is 6.43. The number of piperazine rings is 1. The van der Waals surface area contributed by atoms with E-state index >= 15 is 0 Å². The van der Waals surface area contributed by atoms with Crippen LogP contribution in [0.4, 0.5) is 25.2 Å². The molecule has 0 spiro atoms. The van der Waals surface area contributed by atoms with E-state index in [0.29, 0.717) is 26.2 Å². The monoisotopic (exact) mass is 283 g/mol. The summed E-state index contributed by atoms with van der Waals surface area (Å²) in [6.07, 6.45) is 0. The van der Waals surface area contributed by atoms with Gasteiger partial charge in [0.2, 0.25) is 0 Å². The number of hydrogen-bond acceptors (Lipinski definition) is 4. The molecule has 1 unspecified atom stereocenters. The maximum atomic E-state index is 13.9. The van der Waals surface area contributed by atoms with Gasteiger partial charge in [0.25, 0.3) is 0 Å². The van der Waals surface area contributed by atoms with Crippen molar-refractivity contribution in [2.45, 2.75) is 6.04 Å². The second-order valence-corrected chi connectivity index (χ2v) is 4.85. The van der Waals surface area contributed by atoms with Gasteiger partial charge in [0.1, 0.15) is 0 Å². The van der Waals surface area contributed by atoms with Crippen molar-refractivity contribution in [3.8, 4) is 0 Å². The number of hydrogen-bond donors (Lipinski definition) is 2. The number of aromatic nitrogens is 1. The topological polar surface area (TPSA) is 60.5 Å². The smallest absolute Gasteiger partial charge is 0.317 e. The SMILES string of the molecule is CNc1nc(N2CCN3C(=O)NCC3C2)c(F)cc1F. The molecule has 1 aromatic rings. The summed E-state index contributed by atoms with van der Waals surface area (Å²) in [5.41, 5.74) is 0. The van der Waals surface area contributed by atoms with Gasteiger partial charge in [-0.2, -0.15) is 0 Å². The summed E-state index contributed by atoms with van der Waals surface area (Å²) in [7, 11) is 1.53. The predicted octanol–water partition coefficient (Wildman–Crippen LogP) is 0.615. The number of nitrogens with zero attached hydrogens (tertiary/aromatic N) is 3. The number of fused-ring (bicyclic) bond motifs is 1. The van der Waals surface area contributed by atoms with Gasteiger partial charge in [-0.05, 0) is 0 Å². The molecule has 2 aliphatic rings. The van der Waals surface area contributed by atoms with Gasteiger partial charge in [-0.3, -0.25) is 0 Å². The second-order valence-electron chi connectivity index (χ2n) is 4.85. The molecule has 0 aromatic carbocycles. The van der Waals surface area contributed by atoms with Crippen molar-refractivity contribution in [2.24, 2.45) is 0 Å². The molecular weight excluding hydrogens is 268 g/mol. The number of carbonyl (C=O) groups excluding carboxylic acids is 1. The molecule has 0 bridgehead atoms. The summed E-state index contributed by atoms with van der Waals surface area (Å²) in [6, 6.07) is 0.747. The van der Waals surface area contributed by atoms with Gasteiger partial charge in [0.15, 0.2) is 23.3 Å². The van der Waals surface area contributed by atoms with Crippen molar-refractivity contribution < 1.29 is 13.6 Å². The summed E-state index contributed by atoms with van der Waals surface area (Å²) < 4.78 is 27.3. The number of pyridine rings is 1. The van der Waals surface area contributed by atoms with Crippen molar-refractivity contribution in [3.63, 3.8) is 0 Å². The van der Waals surface area contributed by atoms with Crippen LogP contribution in [0.1, 0.15) is 0 Å². The lowest BCUT2D eigenvalue weighted by Crippen LogP contribution is -2.52. The van der Waals surface area contributed by atoms with Crippen LogP contribution in [0.3, 0.4) is 0 Å². The lowest BCUT2D eigenvalue weighted by Gasteiger charge is -2.37. The Hall–Kier alpha value is -2.12. The lowest BCUT2D eigenvalue weighted by atomic mass is 10.2. The molecule has 2 saturated heterocycles. The van der Waals surface area contributed by atoms with E-state index in [1.807, 2.05) is 0 Å². The number of halogens is 2. The molecule has 1 aromatic heterocycles. The highest BCUT2D eigenvalue weighted by Crippen LogP contribution is 2.25. The Morgan fingerprint density at radius 3 is 2.95 bits per heavy atom. The van der Waals surface area contributed by atoms with Crippen molar-refractivity contribution in [1.82, 2.24) is 15.2 Å². The van der Waals surface area contributed by atoms with E-state index in [1.165, 1.54) is 7.05 Å². The third kappa shape index (κ3) is 2.00. The van der Waals surface area contributed by atoms with Gasteiger partial charge in [-0.1, -0.05) is 0 Å². The molecule has 0 aliphatic carbocycles. The molecule has 2 aliphatic heterocycles. The van der Waals surface area contributed by atoms with E-state index in [1.54, 1.807) is 9.80 Å². The van der Waals surface area contributed by atoms with Crippen LogP contribution in [-0.2, 0) is 0 Å². The number of carbonyl (C=O) groups is 1. The van der Waals surface area contributed by atoms with E-state index in [0.717, 1.165) is 6.07 Å². The highest BCUT2D eigenvalue weighted by molar-refractivity contribution is 5.77. The van der Waals surface area contributed by atoms with Crippen molar-refractivity contribution >= 4 is 17.7 Å². The molecule has 20 heavy (non-hydrogen) atoms. The highest BCUT2D eigenvalue weighted by Gasteiger charge is 2.36. The Morgan fingerprint density at radius 1 is 1.40 bits per heavy atom. The fourth-order valence-electron chi connectivity index (χ4n) is 2.65. The first kappa shape index (κ1) is 12.9. The standard InChI is InChI=1S/C12H15F2N5O/c1-15-10-8(13)4-9(14)11(17-10)18-2-3-19-7(6-18)5-16-12(19)20/h4,7H,2-3,5-6H2,1H3,(H,15,17)(H,16,20). The average Bonchev–Trinajstić information content (AvgIpc) is 2.80. The number of urea groups is 1. The molecule has 2 N–H and O–H groups in total. The fraction of sp³-hybridized carbons (Fsp3) is 0.500. The van der Waals surface area contributed by atoms with E-state index < -0.39 is 11.6 Å². The minimum Gasteiger partial charge on any atom is -0.371 e. The number of rotatable bonds is 2. The summed E-state index contributed by atoms with van der Waals surface area (Å²) in [4.78, 5) is 19.0. The molecule has 108 valence electrons. The minimum atomic E-state index is -0.718. The molecule has 2 amide bonds. The minimum absolute atomic E-state index is 0.000499. The summed E-state index contributed by atoms with van der Waals surface area (Å²) in [6.45, 7) is 2.00. The van der Waals surface area contributed by atoms with Crippen molar-refractivity contribution in [2.75, 3.05) is 43.4 Å². The fourth-order valence-corrected chi connectivity index (χ4v) is 2.65. The molecule has 1 atom stereocenters. The zero-order chi connectivity index (χ0) is 14.3. The van der Waals surface area contributed by atoms with Crippen LogP contribution in [0, 0.1) is 11.6 Å². The molecular formula is C12H15F2N5O. The molecule has 8 heteroatoms. The van der Waals surface area contributed by atoms with E-state index in [2.05, 4.69) is 15.6 Å². The van der Waals surface area contributed by atoms with Crippen molar-refractivity contribution in [3.05, 3.63) is 17.7 Å². The summed E-state index contributed by atoms with van der Waals surface area (Å²) in [5, 5.41) is 5.35. The molecule has 2 fully saturated rings. The maximum Gasteiger partial charge on any atom is 0.317 e. The van der Waals surface area contributed by atoms with E-state index in [-0.39, 0.29) is 23.7 Å². The van der Waals surface area contributed by atoms with Crippen LogP contribution >= 0.6 is 0 Å². The number of amides is 2. The third-order valence-electron chi connectivity index (χ3n) is 3.68. The third-order valence-corrected chi connectivity index (χ3v) is 3.68. The Kier molecular flexibility index (Phi) is 3.07.